The molecule has 26 heavy (non-hydrogen) atoms. The zero-order chi connectivity index (χ0) is 19.1. The number of benzene rings is 2. The molecule has 8 nitrogen and oxygen atoms in total. The van der Waals surface area contributed by atoms with Crippen LogP contribution in [-0.4, -0.2) is 17.9 Å². The van der Waals surface area contributed by atoms with E-state index in [0.29, 0.717) is 22.6 Å². The second-order valence-corrected chi connectivity index (χ2v) is 5.16. The SMILES string of the molecule is COc1cc(/C=C(\C#N)C(N)=O)ccc1OCc1cccc([N+](=O)[O-])c1. The number of non-ortho nitro benzene ring substituents is 1. The second kappa shape index (κ2) is 8.30. The van der Waals surface area contributed by atoms with E-state index in [1.807, 2.05) is 0 Å². The van der Waals surface area contributed by atoms with Crippen molar-refractivity contribution in [2.24, 2.45) is 5.73 Å². The van der Waals surface area contributed by atoms with E-state index >= 15 is 0 Å². The van der Waals surface area contributed by atoms with E-state index in [1.54, 1.807) is 36.4 Å². The molecule has 0 aromatic heterocycles. The summed E-state index contributed by atoms with van der Waals surface area (Å²) in [5.41, 5.74) is 6.08. The lowest BCUT2D eigenvalue weighted by Crippen LogP contribution is -2.12. The first-order valence-electron chi connectivity index (χ1n) is 7.40. The van der Waals surface area contributed by atoms with E-state index in [4.69, 9.17) is 20.5 Å². The van der Waals surface area contributed by atoms with Gasteiger partial charge in [-0.25, -0.2) is 0 Å². The maximum Gasteiger partial charge on any atom is 0.269 e. The molecule has 0 aliphatic rings. The van der Waals surface area contributed by atoms with Gasteiger partial charge in [0.15, 0.2) is 11.5 Å². The molecule has 132 valence electrons. The quantitative estimate of drug-likeness (QED) is 0.352. The fraction of sp³-hybridized carbons (Fsp3) is 0.111. The standard InChI is InChI=1S/C18H15N3O5/c1-25-17-9-12(7-14(10-19)18(20)22)5-6-16(17)26-11-13-3-2-4-15(8-13)21(23)24/h2-9H,11H2,1H3,(H2,20,22)/b14-7+. The van der Waals surface area contributed by atoms with Gasteiger partial charge >= 0.3 is 0 Å². The van der Waals surface area contributed by atoms with Gasteiger partial charge in [-0.3, -0.25) is 14.9 Å². The number of nitriles is 1. The van der Waals surface area contributed by atoms with Crippen molar-refractivity contribution >= 4 is 17.7 Å². The number of amides is 1. The first-order chi connectivity index (χ1) is 12.4. The van der Waals surface area contributed by atoms with Gasteiger partial charge in [-0.05, 0) is 29.3 Å². The summed E-state index contributed by atoms with van der Waals surface area (Å²) in [6.07, 6.45) is 1.34. The van der Waals surface area contributed by atoms with E-state index in [1.165, 1.54) is 25.3 Å². The molecule has 0 spiro atoms. The van der Waals surface area contributed by atoms with Crippen LogP contribution in [0.25, 0.3) is 6.08 Å². The first kappa shape index (κ1) is 18.5. The fourth-order valence-electron chi connectivity index (χ4n) is 2.14. The van der Waals surface area contributed by atoms with E-state index in [2.05, 4.69) is 0 Å². The Balaban J connectivity index is 2.20. The number of hydrogen-bond acceptors (Lipinski definition) is 6. The lowest BCUT2D eigenvalue weighted by Gasteiger charge is -2.11. The number of nitrogens with zero attached hydrogens (tertiary/aromatic N) is 2. The van der Waals surface area contributed by atoms with Crippen molar-refractivity contribution in [1.29, 1.82) is 5.26 Å². The zero-order valence-electron chi connectivity index (χ0n) is 13.8. The van der Waals surface area contributed by atoms with Crippen LogP contribution in [-0.2, 0) is 11.4 Å². The Hall–Kier alpha value is -3.86. The Morgan fingerprint density at radius 1 is 1.31 bits per heavy atom. The van der Waals surface area contributed by atoms with Gasteiger partial charge in [-0.1, -0.05) is 18.2 Å². The molecule has 2 rings (SSSR count). The first-order valence-corrected chi connectivity index (χ1v) is 7.40. The van der Waals surface area contributed by atoms with Gasteiger partial charge in [0.2, 0.25) is 0 Å². The van der Waals surface area contributed by atoms with Crippen LogP contribution in [0.5, 0.6) is 11.5 Å². The Labute approximate surface area is 149 Å². The van der Waals surface area contributed by atoms with E-state index < -0.39 is 10.8 Å². The van der Waals surface area contributed by atoms with Gasteiger partial charge < -0.3 is 15.2 Å². The van der Waals surface area contributed by atoms with Crippen LogP contribution < -0.4 is 15.2 Å². The second-order valence-electron chi connectivity index (χ2n) is 5.16. The normalized spacial score (nSPS) is 10.7. The Bertz CT molecular complexity index is 915. The number of nitro groups is 1. The average Bonchev–Trinajstić information content (AvgIpc) is 2.64. The van der Waals surface area contributed by atoms with Gasteiger partial charge in [0, 0.05) is 12.1 Å². The molecule has 1 amide bonds. The van der Waals surface area contributed by atoms with Gasteiger partial charge in [-0.2, -0.15) is 5.26 Å². The Kier molecular flexibility index (Phi) is 5.90. The van der Waals surface area contributed by atoms with Crippen LogP contribution in [0.15, 0.2) is 48.0 Å². The summed E-state index contributed by atoms with van der Waals surface area (Å²) in [7, 11) is 1.45. The van der Waals surface area contributed by atoms with E-state index in [9.17, 15) is 14.9 Å². The lowest BCUT2D eigenvalue weighted by molar-refractivity contribution is -0.384. The maximum atomic E-state index is 11.1. The van der Waals surface area contributed by atoms with Crippen molar-refractivity contribution in [3.05, 3.63) is 69.3 Å². The number of carbonyl (C=O) groups is 1. The summed E-state index contributed by atoms with van der Waals surface area (Å²) in [6.45, 7) is 0.109. The van der Waals surface area contributed by atoms with Gasteiger partial charge in [0.05, 0.1) is 12.0 Å². The molecule has 0 saturated carbocycles. The maximum absolute atomic E-state index is 11.1. The summed E-state index contributed by atoms with van der Waals surface area (Å²) in [4.78, 5) is 21.5. The van der Waals surface area contributed by atoms with Crippen molar-refractivity contribution in [3.63, 3.8) is 0 Å². The molecule has 0 bridgehead atoms. The van der Waals surface area contributed by atoms with Gasteiger partial charge in [0.25, 0.3) is 11.6 Å². The topological polar surface area (TPSA) is 128 Å². The lowest BCUT2D eigenvalue weighted by atomic mass is 10.1. The zero-order valence-corrected chi connectivity index (χ0v) is 13.8. The summed E-state index contributed by atoms with van der Waals surface area (Å²) in [6, 6.07) is 12.7. The van der Waals surface area contributed by atoms with Crippen LogP contribution in [0.2, 0.25) is 0 Å². The van der Waals surface area contributed by atoms with E-state index in [0.717, 1.165) is 0 Å². The van der Waals surface area contributed by atoms with Crippen molar-refractivity contribution in [2.45, 2.75) is 6.61 Å². The van der Waals surface area contributed by atoms with Crippen molar-refractivity contribution in [1.82, 2.24) is 0 Å². The van der Waals surface area contributed by atoms with Crippen LogP contribution in [0.1, 0.15) is 11.1 Å². The highest BCUT2D eigenvalue weighted by molar-refractivity contribution is 6.00. The number of primary amides is 1. The number of ether oxygens (including phenoxy) is 2. The number of nitrogens with two attached hydrogens (primary N) is 1. The molecule has 8 heteroatoms. The summed E-state index contributed by atoms with van der Waals surface area (Å²) in [5.74, 6) is -0.0304. The summed E-state index contributed by atoms with van der Waals surface area (Å²) in [5, 5.41) is 19.7. The van der Waals surface area contributed by atoms with Crippen LogP contribution in [0.4, 0.5) is 5.69 Å². The number of nitro benzene ring substituents is 1. The molecule has 0 saturated heterocycles. The number of hydrogen-bond donors (Lipinski definition) is 1. The number of methoxy groups -OCH3 is 1. The third-order valence-corrected chi connectivity index (χ3v) is 3.40. The van der Waals surface area contributed by atoms with Crippen molar-refractivity contribution in [2.75, 3.05) is 7.11 Å². The fourth-order valence-corrected chi connectivity index (χ4v) is 2.14. The molecule has 0 unspecified atom stereocenters. The Morgan fingerprint density at radius 2 is 2.08 bits per heavy atom. The molecular weight excluding hydrogens is 338 g/mol. The predicted octanol–water partition coefficient (Wildman–Crippen LogP) is 2.57. The molecule has 2 aromatic rings. The highest BCUT2D eigenvalue weighted by atomic mass is 16.6. The van der Waals surface area contributed by atoms with Crippen LogP contribution >= 0.6 is 0 Å². The summed E-state index contributed by atoms with van der Waals surface area (Å²) < 4.78 is 10.9. The molecular formula is C18H15N3O5. The predicted molar refractivity (Wildman–Crippen MR) is 93.2 cm³/mol. The minimum atomic E-state index is -0.822. The van der Waals surface area contributed by atoms with Gasteiger partial charge in [-0.15, -0.1) is 0 Å². The molecule has 0 atom stereocenters. The molecule has 0 radical (unpaired) electrons. The Morgan fingerprint density at radius 3 is 2.69 bits per heavy atom. The van der Waals surface area contributed by atoms with Crippen molar-refractivity contribution < 1.29 is 19.2 Å². The largest absolute Gasteiger partial charge is 0.493 e. The summed E-state index contributed by atoms with van der Waals surface area (Å²) >= 11 is 0. The molecule has 0 aliphatic heterocycles. The third-order valence-electron chi connectivity index (χ3n) is 3.40. The molecule has 0 heterocycles. The van der Waals surface area contributed by atoms with Crippen LogP contribution in [0.3, 0.4) is 0 Å². The average molecular weight is 353 g/mol. The van der Waals surface area contributed by atoms with Crippen LogP contribution in [0, 0.1) is 21.4 Å². The third kappa shape index (κ3) is 4.58. The minimum Gasteiger partial charge on any atom is -0.493 e. The monoisotopic (exact) mass is 353 g/mol. The molecule has 0 fully saturated rings. The molecule has 2 N–H and O–H groups in total. The molecule has 2 aromatic carbocycles. The van der Waals surface area contributed by atoms with Gasteiger partial charge in [0.1, 0.15) is 18.2 Å². The molecule has 0 aliphatic carbocycles. The minimum absolute atomic E-state index is 0.0194. The highest BCUT2D eigenvalue weighted by Gasteiger charge is 2.10. The number of carbonyl (C=O) groups excluding carboxylic acids is 1. The van der Waals surface area contributed by atoms with Crippen molar-refractivity contribution in [3.8, 4) is 17.6 Å². The van der Waals surface area contributed by atoms with E-state index in [-0.39, 0.29) is 17.9 Å². The highest BCUT2D eigenvalue weighted by Crippen LogP contribution is 2.30. The number of rotatable bonds is 7. The smallest absolute Gasteiger partial charge is 0.269 e.